The van der Waals surface area contributed by atoms with Crippen LogP contribution in [0.5, 0.6) is 0 Å². The molecular formula is C29H24N2O6S2. The molecule has 5 rings (SSSR count). The predicted octanol–water partition coefficient (Wildman–Crippen LogP) is 4.49. The highest BCUT2D eigenvalue weighted by molar-refractivity contribution is 8.04. The standard InChI is InChI=1S/C29H24N2O6S2/c1-21(30-28(32)25-19-11-12-20-26(25)29(30)33)27(22-13-5-2-6-14-22)31(38(34,35)23-15-7-3-8-16-23)39(36,37)24-17-9-4-10-18-24/h2-21,27H,1H3/t21-,27-/m1/s1. The van der Waals surface area contributed by atoms with E-state index in [1.807, 2.05) is 0 Å². The topological polar surface area (TPSA) is 109 Å². The second kappa shape index (κ2) is 10.2. The number of carbonyl (C=O) groups excluding carboxylic acids is 2. The highest BCUT2D eigenvalue weighted by atomic mass is 32.3. The largest absolute Gasteiger partial charge is 0.269 e. The molecule has 0 N–H and O–H groups in total. The summed E-state index contributed by atoms with van der Waals surface area (Å²) in [6, 6.07) is 26.1. The minimum Gasteiger partial charge on any atom is -0.269 e. The summed E-state index contributed by atoms with van der Waals surface area (Å²) in [5.74, 6) is -1.25. The smallest absolute Gasteiger partial charge is 0.261 e. The molecule has 8 nitrogen and oxygen atoms in total. The van der Waals surface area contributed by atoms with Crippen molar-refractivity contribution in [2.75, 3.05) is 0 Å². The third-order valence-electron chi connectivity index (χ3n) is 6.61. The molecule has 1 aliphatic heterocycles. The highest BCUT2D eigenvalue weighted by Crippen LogP contribution is 2.39. The van der Waals surface area contributed by atoms with E-state index in [1.165, 1.54) is 67.6 Å². The van der Waals surface area contributed by atoms with Gasteiger partial charge in [-0.2, -0.15) is 0 Å². The van der Waals surface area contributed by atoms with Crippen molar-refractivity contribution in [3.05, 3.63) is 132 Å². The van der Waals surface area contributed by atoms with Gasteiger partial charge in [-0.3, -0.25) is 14.5 Å². The summed E-state index contributed by atoms with van der Waals surface area (Å²) < 4.78 is 57.3. The van der Waals surface area contributed by atoms with Gasteiger partial charge < -0.3 is 0 Å². The molecular weight excluding hydrogens is 536 g/mol. The molecule has 2 amide bonds. The quantitative estimate of drug-likeness (QED) is 0.294. The van der Waals surface area contributed by atoms with Gasteiger partial charge in [0.2, 0.25) is 0 Å². The molecule has 4 aromatic carbocycles. The number of benzene rings is 4. The molecule has 1 heterocycles. The monoisotopic (exact) mass is 560 g/mol. The van der Waals surface area contributed by atoms with E-state index in [-0.39, 0.29) is 20.9 Å². The molecule has 0 saturated carbocycles. The molecule has 0 radical (unpaired) electrons. The molecule has 198 valence electrons. The van der Waals surface area contributed by atoms with Crippen LogP contribution in [0.3, 0.4) is 0 Å². The lowest BCUT2D eigenvalue weighted by atomic mass is 10.0. The lowest BCUT2D eigenvalue weighted by Crippen LogP contribution is -2.50. The second-order valence-corrected chi connectivity index (χ2v) is 12.8. The van der Waals surface area contributed by atoms with Crippen LogP contribution in [0, 0.1) is 0 Å². The lowest BCUT2D eigenvalue weighted by molar-refractivity contribution is 0.0550. The molecule has 10 heteroatoms. The number of amides is 2. The van der Waals surface area contributed by atoms with Crippen LogP contribution in [0.2, 0.25) is 0 Å². The van der Waals surface area contributed by atoms with Gasteiger partial charge in [0.1, 0.15) is 0 Å². The van der Waals surface area contributed by atoms with Crippen molar-refractivity contribution < 1.29 is 26.4 Å². The van der Waals surface area contributed by atoms with E-state index in [0.717, 1.165) is 4.90 Å². The first-order valence-electron chi connectivity index (χ1n) is 12.1. The Morgan fingerprint density at radius 1 is 0.564 bits per heavy atom. The first-order chi connectivity index (χ1) is 18.7. The van der Waals surface area contributed by atoms with Gasteiger partial charge in [-0.15, -0.1) is 0 Å². The number of nitrogens with zero attached hydrogens (tertiary/aromatic N) is 2. The Kier molecular flexibility index (Phi) is 6.94. The van der Waals surface area contributed by atoms with Gasteiger partial charge in [0.05, 0.1) is 33.0 Å². The minimum absolute atomic E-state index is 0.171. The van der Waals surface area contributed by atoms with Crippen LogP contribution in [-0.4, -0.2) is 43.3 Å². The molecule has 0 unspecified atom stereocenters. The van der Waals surface area contributed by atoms with Gasteiger partial charge in [-0.05, 0) is 48.9 Å². The van der Waals surface area contributed by atoms with Crippen molar-refractivity contribution in [3.8, 4) is 0 Å². The maximum Gasteiger partial charge on any atom is 0.261 e. The zero-order valence-corrected chi connectivity index (χ0v) is 22.4. The van der Waals surface area contributed by atoms with Gasteiger partial charge in [0.25, 0.3) is 31.9 Å². The van der Waals surface area contributed by atoms with Crippen molar-refractivity contribution in [1.29, 1.82) is 0 Å². The zero-order chi connectivity index (χ0) is 27.8. The Hall–Kier alpha value is -4.12. The van der Waals surface area contributed by atoms with Crippen LogP contribution in [0.4, 0.5) is 0 Å². The number of rotatable bonds is 8. The SMILES string of the molecule is C[C@H]([C@H](c1ccccc1)N(S(=O)(=O)c1ccccc1)S(=O)(=O)c1ccccc1)N1C(=O)c2ccccc2C1=O. The van der Waals surface area contributed by atoms with Crippen LogP contribution in [0.15, 0.2) is 125 Å². The molecule has 4 aromatic rings. The summed E-state index contributed by atoms with van der Waals surface area (Å²) in [4.78, 5) is 27.3. The molecule has 0 aliphatic carbocycles. The van der Waals surface area contributed by atoms with E-state index in [2.05, 4.69) is 0 Å². The molecule has 0 bridgehead atoms. The minimum atomic E-state index is -4.74. The van der Waals surface area contributed by atoms with E-state index >= 15 is 0 Å². The fraction of sp³-hybridized carbons (Fsp3) is 0.103. The van der Waals surface area contributed by atoms with Crippen LogP contribution < -0.4 is 0 Å². The first kappa shape index (κ1) is 26.5. The Labute approximate surface area is 227 Å². The van der Waals surface area contributed by atoms with Crippen molar-refractivity contribution >= 4 is 31.9 Å². The number of carbonyl (C=O) groups is 2. The van der Waals surface area contributed by atoms with Crippen LogP contribution in [-0.2, 0) is 20.0 Å². The van der Waals surface area contributed by atoms with Gasteiger partial charge in [0.15, 0.2) is 0 Å². The number of hydrogen-bond donors (Lipinski definition) is 0. The van der Waals surface area contributed by atoms with Gasteiger partial charge in [0, 0.05) is 0 Å². The summed E-state index contributed by atoms with van der Waals surface area (Å²) in [6.45, 7) is 1.48. The average Bonchev–Trinajstić information content (AvgIpc) is 3.22. The van der Waals surface area contributed by atoms with E-state index in [1.54, 1.807) is 54.6 Å². The van der Waals surface area contributed by atoms with Gasteiger partial charge in [-0.1, -0.05) is 82.6 Å². The molecule has 0 saturated heterocycles. The lowest BCUT2D eigenvalue weighted by Gasteiger charge is -2.37. The highest BCUT2D eigenvalue weighted by Gasteiger charge is 2.50. The van der Waals surface area contributed by atoms with Gasteiger partial charge in [-0.25, -0.2) is 16.8 Å². The molecule has 0 fully saturated rings. The van der Waals surface area contributed by atoms with E-state index in [4.69, 9.17) is 0 Å². The summed E-state index contributed by atoms with van der Waals surface area (Å²) in [5.41, 5.74) is 0.634. The van der Waals surface area contributed by atoms with Crippen LogP contribution in [0.25, 0.3) is 0 Å². The summed E-state index contributed by atoms with van der Waals surface area (Å²) >= 11 is 0. The number of fused-ring (bicyclic) bond motifs is 1. The number of hydrogen-bond acceptors (Lipinski definition) is 6. The maximum atomic E-state index is 14.2. The number of sulfonamides is 2. The Balaban J connectivity index is 1.76. The maximum absolute atomic E-state index is 14.2. The number of imide groups is 1. The van der Waals surface area contributed by atoms with Gasteiger partial charge >= 0.3 is 0 Å². The second-order valence-electron chi connectivity index (χ2n) is 8.98. The van der Waals surface area contributed by atoms with Crippen molar-refractivity contribution in [3.63, 3.8) is 0 Å². The third-order valence-corrected chi connectivity index (χ3v) is 10.9. The normalized spacial score (nSPS) is 15.3. The van der Waals surface area contributed by atoms with Crippen LogP contribution >= 0.6 is 0 Å². The Morgan fingerprint density at radius 3 is 1.33 bits per heavy atom. The molecule has 0 aromatic heterocycles. The fourth-order valence-corrected chi connectivity index (χ4v) is 8.93. The van der Waals surface area contributed by atoms with Crippen molar-refractivity contribution in [1.82, 2.24) is 8.61 Å². The summed E-state index contributed by atoms with van der Waals surface area (Å²) in [7, 11) is -9.47. The summed E-state index contributed by atoms with van der Waals surface area (Å²) in [5, 5.41) is 0. The van der Waals surface area contributed by atoms with E-state index in [0.29, 0.717) is 9.27 Å². The molecule has 1 aliphatic rings. The predicted molar refractivity (Wildman–Crippen MR) is 145 cm³/mol. The molecule has 0 spiro atoms. The first-order valence-corrected chi connectivity index (χ1v) is 15.0. The van der Waals surface area contributed by atoms with Crippen LogP contribution in [0.1, 0.15) is 39.2 Å². The van der Waals surface area contributed by atoms with E-state index in [9.17, 15) is 26.4 Å². The van der Waals surface area contributed by atoms with Crippen molar-refractivity contribution in [2.45, 2.75) is 28.8 Å². The average molecular weight is 561 g/mol. The van der Waals surface area contributed by atoms with E-state index < -0.39 is 43.9 Å². The summed E-state index contributed by atoms with van der Waals surface area (Å²) in [6.07, 6.45) is 0. The third kappa shape index (κ3) is 4.56. The molecule has 2 atom stereocenters. The van der Waals surface area contributed by atoms with Crippen molar-refractivity contribution in [2.24, 2.45) is 0 Å². The zero-order valence-electron chi connectivity index (χ0n) is 20.8. The fourth-order valence-electron chi connectivity index (χ4n) is 4.77. The Bertz CT molecular complexity index is 1640. The Morgan fingerprint density at radius 2 is 0.923 bits per heavy atom. The molecule has 39 heavy (non-hydrogen) atoms.